The van der Waals surface area contributed by atoms with Gasteiger partial charge in [-0.3, -0.25) is 4.98 Å². The summed E-state index contributed by atoms with van der Waals surface area (Å²) >= 11 is 0. The number of benzene rings is 1. The zero-order chi connectivity index (χ0) is 17.7. The molecule has 2 aromatic heterocycles. The van der Waals surface area contributed by atoms with Gasteiger partial charge in [0.15, 0.2) is 11.2 Å². The molecule has 0 bridgehead atoms. The zero-order valence-electron chi connectivity index (χ0n) is 13.1. The first-order valence-electron chi connectivity index (χ1n) is 7.44. The monoisotopic (exact) mass is 356 g/mol. The Labute approximate surface area is 142 Å². The van der Waals surface area contributed by atoms with Crippen LogP contribution in [0.25, 0.3) is 15.8 Å². The molecule has 1 aliphatic carbocycles. The lowest BCUT2D eigenvalue weighted by molar-refractivity contribution is 0.294. The van der Waals surface area contributed by atoms with E-state index in [0.717, 1.165) is 0 Å². The fraction of sp³-hybridized carbons (Fsp3) is 0.188. The van der Waals surface area contributed by atoms with Crippen LogP contribution in [-0.4, -0.2) is 23.7 Å². The number of hydrogen-bond donors (Lipinski definition) is 0. The largest absolute Gasteiger partial charge is 0.255 e. The van der Waals surface area contributed by atoms with Gasteiger partial charge in [-0.1, -0.05) is 34.6 Å². The van der Waals surface area contributed by atoms with Crippen LogP contribution >= 0.6 is 0 Å². The molecule has 1 atom stereocenters. The Kier molecular flexibility index (Phi) is 3.29. The maximum atomic E-state index is 13.2. The van der Waals surface area contributed by atoms with E-state index in [1.54, 1.807) is 31.2 Å². The first-order valence-corrected chi connectivity index (χ1v) is 8.92. The Morgan fingerprint density at radius 3 is 2.80 bits per heavy atom. The smallest absolute Gasteiger partial charge is 0.210 e. The van der Waals surface area contributed by atoms with Crippen molar-refractivity contribution in [3.63, 3.8) is 0 Å². The van der Waals surface area contributed by atoms with Crippen LogP contribution in [-0.2, 0) is 15.4 Å². The molecule has 4 rings (SSSR count). The molecule has 0 N–H and O–H groups in total. The number of sulfone groups is 1. The van der Waals surface area contributed by atoms with E-state index in [0.29, 0.717) is 10.9 Å². The van der Waals surface area contributed by atoms with Crippen LogP contribution in [0.5, 0.6) is 0 Å². The van der Waals surface area contributed by atoms with Gasteiger partial charge in [-0.25, -0.2) is 13.0 Å². The predicted octanol–water partition coefficient (Wildman–Crippen LogP) is 2.82. The molecule has 2 heterocycles. The molecule has 1 aliphatic rings. The molecule has 0 amide bonds. The third kappa shape index (κ3) is 2.19. The van der Waals surface area contributed by atoms with Gasteiger partial charge >= 0.3 is 0 Å². The van der Waals surface area contributed by atoms with E-state index in [4.69, 9.17) is 4.63 Å². The van der Waals surface area contributed by atoms with Crippen molar-refractivity contribution < 1.29 is 13.0 Å². The number of nitrogens with zero attached hydrogens (tertiary/aromatic N) is 4. The summed E-state index contributed by atoms with van der Waals surface area (Å²) in [6, 6.07) is 8.45. The van der Waals surface area contributed by atoms with Gasteiger partial charge in [-0.2, -0.15) is 0 Å². The molecule has 126 valence electrons. The highest BCUT2D eigenvalue weighted by atomic mass is 32.2. The Morgan fingerprint density at radius 1 is 1.20 bits per heavy atom. The molecule has 0 spiro atoms. The standard InChI is InChI=1S/C16H12N4O4S/c1-16(20-21)8-7-12(14-15(16)19-24-18-14)25(22,23)11-6-2-4-10-5-3-9-17-13(10)11/h2-7,9H,8H2,1H3. The van der Waals surface area contributed by atoms with E-state index >= 15 is 0 Å². The van der Waals surface area contributed by atoms with Crippen LogP contribution in [0.15, 0.2) is 57.3 Å². The summed E-state index contributed by atoms with van der Waals surface area (Å²) in [4.78, 5) is 15.4. The second kappa shape index (κ2) is 5.28. The lowest BCUT2D eigenvalue weighted by atomic mass is 9.89. The fourth-order valence-corrected chi connectivity index (χ4v) is 4.53. The fourth-order valence-electron chi connectivity index (χ4n) is 2.92. The van der Waals surface area contributed by atoms with Crippen molar-refractivity contribution in [1.29, 1.82) is 0 Å². The highest BCUT2D eigenvalue weighted by Crippen LogP contribution is 2.42. The number of para-hydroxylation sites is 1. The highest BCUT2D eigenvalue weighted by Gasteiger charge is 2.42. The molecule has 25 heavy (non-hydrogen) atoms. The lowest BCUT2D eigenvalue weighted by Crippen LogP contribution is -2.25. The molecule has 0 radical (unpaired) electrons. The van der Waals surface area contributed by atoms with Gasteiger partial charge in [-0.05, 0) is 24.2 Å². The predicted molar refractivity (Wildman–Crippen MR) is 89.0 cm³/mol. The van der Waals surface area contributed by atoms with Crippen molar-refractivity contribution >= 4 is 25.6 Å². The Bertz CT molecular complexity index is 1130. The molecule has 1 aromatic carbocycles. The SMILES string of the molecule is CC1(N=O)CC=C(S(=O)(=O)c2cccc3cccnc23)c2nonc21. The Morgan fingerprint density at radius 2 is 2.00 bits per heavy atom. The summed E-state index contributed by atoms with van der Waals surface area (Å²) in [5.41, 5.74) is -0.699. The molecule has 0 saturated carbocycles. The van der Waals surface area contributed by atoms with E-state index in [9.17, 15) is 13.3 Å². The third-order valence-electron chi connectivity index (χ3n) is 4.29. The summed E-state index contributed by atoms with van der Waals surface area (Å²) in [7, 11) is -3.94. The molecule has 9 heteroatoms. The van der Waals surface area contributed by atoms with Crippen molar-refractivity contribution in [2.45, 2.75) is 23.8 Å². The van der Waals surface area contributed by atoms with Gasteiger partial charge < -0.3 is 0 Å². The lowest BCUT2D eigenvalue weighted by Gasteiger charge is -2.22. The minimum Gasteiger partial charge on any atom is -0.255 e. The number of hydrogen-bond acceptors (Lipinski definition) is 8. The maximum absolute atomic E-state index is 13.2. The topological polar surface area (TPSA) is 115 Å². The number of fused-ring (bicyclic) bond motifs is 2. The van der Waals surface area contributed by atoms with Gasteiger partial charge in [0.25, 0.3) is 0 Å². The van der Waals surface area contributed by atoms with Crippen molar-refractivity contribution in [1.82, 2.24) is 15.3 Å². The van der Waals surface area contributed by atoms with Gasteiger partial charge in [0.05, 0.1) is 15.3 Å². The Hall–Kier alpha value is -2.94. The Balaban J connectivity index is 1.94. The molecule has 8 nitrogen and oxygen atoms in total. The van der Waals surface area contributed by atoms with Gasteiger partial charge in [0, 0.05) is 18.0 Å². The average Bonchev–Trinajstić information content (AvgIpc) is 3.12. The maximum Gasteiger partial charge on any atom is 0.210 e. The van der Waals surface area contributed by atoms with Crippen molar-refractivity contribution in [3.05, 3.63) is 58.9 Å². The first-order chi connectivity index (χ1) is 12.0. The quantitative estimate of drug-likeness (QED) is 0.662. The molecule has 0 aliphatic heterocycles. The van der Waals surface area contributed by atoms with Crippen LogP contribution in [0.3, 0.4) is 0 Å². The van der Waals surface area contributed by atoms with Crippen LogP contribution in [0.2, 0.25) is 0 Å². The molecular formula is C16H12N4O4S. The van der Waals surface area contributed by atoms with E-state index in [2.05, 4.69) is 20.5 Å². The minimum absolute atomic E-state index is 0.0151. The average molecular weight is 356 g/mol. The molecule has 0 fully saturated rings. The number of rotatable bonds is 3. The van der Waals surface area contributed by atoms with E-state index in [-0.39, 0.29) is 27.6 Å². The molecular weight excluding hydrogens is 344 g/mol. The number of aromatic nitrogens is 3. The second-order valence-corrected chi connectivity index (χ2v) is 7.82. The zero-order valence-corrected chi connectivity index (χ0v) is 13.9. The van der Waals surface area contributed by atoms with Gasteiger partial charge in [0.2, 0.25) is 9.84 Å². The summed E-state index contributed by atoms with van der Waals surface area (Å²) in [6.45, 7) is 1.56. The van der Waals surface area contributed by atoms with Crippen molar-refractivity contribution in [3.8, 4) is 0 Å². The molecule has 3 aromatic rings. The summed E-state index contributed by atoms with van der Waals surface area (Å²) in [5, 5.41) is 11.2. The van der Waals surface area contributed by atoms with E-state index in [1.807, 2.05) is 0 Å². The number of nitroso groups, excluding NO2 is 1. The molecule has 0 saturated heterocycles. The van der Waals surface area contributed by atoms with Gasteiger partial charge in [-0.15, -0.1) is 4.91 Å². The molecule has 1 unspecified atom stereocenters. The summed E-state index contributed by atoms with van der Waals surface area (Å²) in [6.07, 6.45) is 3.06. The van der Waals surface area contributed by atoms with E-state index < -0.39 is 15.4 Å². The van der Waals surface area contributed by atoms with E-state index in [1.165, 1.54) is 18.3 Å². The highest BCUT2D eigenvalue weighted by molar-refractivity contribution is 8.00. The minimum atomic E-state index is -3.94. The van der Waals surface area contributed by atoms with Crippen molar-refractivity contribution in [2.75, 3.05) is 0 Å². The van der Waals surface area contributed by atoms with Crippen LogP contribution in [0, 0.1) is 4.91 Å². The third-order valence-corrected chi connectivity index (χ3v) is 6.14. The number of pyridine rings is 1. The van der Waals surface area contributed by atoms with Crippen LogP contribution in [0.4, 0.5) is 0 Å². The normalized spacial score (nSPS) is 20.1. The van der Waals surface area contributed by atoms with Crippen LogP contribution < -0.4 is 0 Å². The van der Waals surface area contributed by atoms with Crippen LogP contribution in [0.1, 0.15) is 24.7 Å². The van der Waals surface area contributed by atoms with Crippen molar-refractivity contribution in [2.24, 2.45) is 5.18 Å². The van der Waals surface area contributed by atoms with Gasteiger partial charge in [0.1, 0.15) is 5.69 Å². The summed E-state index contributed by atoms with van der Waals surface area (Å²) in [5.74, 6) is 0. The first kappa shape index (κ1) is 15.6. The summed E-state index contributed by atoms with van der Waals surface area (Å²) < 4.78 is 31.2. The second-order valence-electron chi connectivity index (χ2n) is 5.93.